The van der Waals surface area contributed by atoms with Gasteiger partial charge in [-0.05, 0) is 36.8 Å². The van der Waals surface area contributed by atoms with Crippen LogP contribution in [0.15, 0.2) is 58.2 Å². The van der Waals surface area contributed by atoms with Crippen LogP contribution in [0, 0.1) is 0 Å². The van der Waals surface area contributed by atoms with E-state index in [1.54, 1.807) is 18.5 Å². The van der Waals surface area contributed by atoms with Crippen molar-refractivity contribution in [2.45, 2.75) is 17.7 Å². The normalized spacial score (nSPS) is 11.3. The van der Waals surface area contributed by atoms with E-state index in [1.807, 2.05) is 6.07 Å². The Morgan fingerprint density at radius 1 is 1.22 bits per heavy atom. The van der Waals surface area contributed by atoms with E-state index in [2.05, 4.69) is 15.1 Å². The molecule has 0 fully saturated rings. The molecule has 0 aliphatic carbocycles. The van der Waals surface area contributed by atoms with Crippen molar-refractivity contribution < 1.29 is 22.5 Å². The molecule has 3 aromatic rings. The molecule has 0 amide bonds. The maximum atomic E-state index is 12.0. The Morgan fingerprint density at radius 3 is 2.81 bits per heavy atom. The number of hydrogen-bond acceptors (Lipinski definition) is 8. The lowest BCUT2D eigenvalue weighted by Crippen LogP contribution is -2.08. The van der Waals surface area contributed by atoms with Crippen LogP contribution in [0.4, 0.5) is 0 Å². The Hall–Kier alpha value is -3.07. The number of aromatic nitrogens is 3. The van der Waals surface area contributed by atoms with Crippen molar-refractivity contribution in [1.82, 2.24) is 15.1 Å². The van der Waals surface area contributed by atoms with Crippen molar-refractivity contribution in [1.29, 1.82) is 0 Å². The van der Waals surface area contributed by atoms with Gasteiger partial charge in [-0.2, -0.15) is 4.98 Å². The highest BCUT2D eigenvalue weighted by Gasteiger charge is 2.13. The summed E-state index contributed by atoms with van der Waals surface area (Å²) in [7, 11) is -3.38. The molecule has 0 spiro atoms. The van der Waals surface area contributed by atoms with Crippen LogP contribution < -0.4 is 0 Å². The van der Waals surface area contributed by atoms with Gasteiger partial charge in [0.05, 0.1) is 17.1 Å². The van der Waals surface area contributed by atoms with Gasteiger partial charge in [0.25, 0.3) is 0 Å². The lowest BCUT2D eigenvalue weighted by molar-refractivity contribution is 0.0498. The average molecular weight is 387 g/mol. The van der Waals surface area contributed by atoms with E-state index in [0.717, 1.165) is 11.8 Å². The Morgan fingerprint density at radius 2 is 2.07 bits per heavy atom. The van der Waals surface area contributed by atoms with Gasteiger partial charge < -0.3 is 9.26 Å². The second-order valence-corrected chi connectivity index (χ2v) is 7.81. The lowest BCUT2D eigenvalue weighted by atomic mass is 10.2. The molecule has 27 heavy (non-hydrogen) atoms. The number of carbonyl (C=O) groups excluding carboxylic acids is 1. The first kappa shape index (κ1) is 18.7. The largest absolute Gasteiger partial charge is 0.462 e. The molecule has 0 bridgehead atoms. The highest BCUT2D eigenvalue weighted by atomic mass is 32.2. The van der Waals surface area contributed by atoms with E-state index in [-0.39, 0.29) is 17.1 Å². The summed E-state index contributed by atoms with van der Waals surface area (Å²) in [6.45, 7) is 0.145. The van der Waals surface area contributed by atoms with Crippen molar-refractivity contribution >= 4 is 15.8 Å². The molecule has 2 aromatic heterocycles. The molecule has 0 aliphatic rings. The number of carbonyl (C=O) groups is 1. The summed E-state index contributed by atoms with van der Waals surface area (Å²) in [5.41, 5.74) is 0.944. The predicted molar refractivity (Wildman–Crippen MR) is 95.7 cm³/mol. The number of sulfone groups is 1. The molecule has 0 radical (unpaired) electrons. The van der Waals surface area contributed by atoms with Crippen molar-refractivity contribution in [2.24, 2.45) is 0 Å². The number of rotatable bonds is 7. The SMILES string of the molecule is CS(=O)(=O)c1cccc(C(=O)OCCCc2nc(-c3cccnc3)no2)c1. The molecule has 0 saturated heterocycles. The topological polar surface area (TPSA) is 112 Å². The second kappa shape index (κ2) is 8.09. The van der Waals surface area contributed by atoms with Gasteiger partial charge in [0.15, 0.2) is 9.84 Å². The fraction of sp³-hybridized carbons (Fsp3) is 0.222. The van der Waals surface area contributed by atoms with Crippen LogP contribution in [0.5, 0.6) is 0 Å². The summed E-state index contributed by atoms with van der Waals surface area (Å²) in [4.78, 5) is 20.4. The first-order valence-electron chi connectivity index (χ1n) is 8.14. The smallest absolute Gasteiger partial charge is 0.338 e. The Balaban J connectivity index is 1.51. The number of benzene rings is 1. The zero-order valence-corrected chi connectivity index (χ0v) is 15.3. The van der Waals surface area contributed by atoms with Crippen LogP contribution >= 0.6 is 0 Å². The average Bonchev–Trinajstić information content (AvgIpc) is 3.14. The number of esters is 1. The maximum Gasteiger partial charge on any atom is 0.338 e. The van der Waals surface area contributed by atoms with Gasteiger partial charge in [0, 0.05) is 30.6 Å². The molecule has 8 nitrogen and oxygen atoms in total. The van der Waals surface area contributed by atoms with Crippen LogP contribution in [0.2, 0.25) is 0 Å². The van der Waals surface area contributed by atoms with Crippen LogP contribution in [0.1, 0.15) is 22.7 Å². The third-order valence-corrected chi connectivity index (χ3v) is 4.76. The van der Waals surface area contributed by atoms with Crippen molar-refractivity contribution in [2.75, 3.05) is 12.9 Å². The van der Waals surface area contributed by atoms with Gasteiger partial charge >= 0.3 is 5.97 Å². The minimum absolute atomic E-state index is 0.0748. The van der Waals surface area contributed by atoms with Crippen LogP contribution in [-0.4, -0.2) is 42.4 Å². The fourth-order valence-corrected chi connectivity index (χ4v) is 2.96. The third kappa shape index (κ3) is 4.98. The van der Waals surface area contributed by atoms with Crippen molar-refractivity contribution in [3.05, 3.63) is 60.2 Å². The highest BCUT2D eigenvalue weighted by Crippen LogP contribution is 2.15. The van der Waals surface area contributed by atoms with Gasteiger partial charge in [-0.25, -0.2) is 13.2 Å². The number of ether oxygens (including phenoxy) is 1. The highest BCUT2D eigenvalue weighted by molar-refractivity contribution is 7.90. The zero-order chi connectivity index (χ0) is 19.3. The molecule has 2 heterocycles. The standard InChI is InChI=1S/C18H17N3O5S/c1-27(23,24)15-7-2-5-13(11-15)18(22)25-10-4-8-16-20-17(21-26-16)14-6-3-9-19-12-14/h2-3,5-7,9,11-12H,4,8,10H2,1H3. The first-order chi connectivity index (χ1) is 12.9. The van der Waals surface area contributed by atoms with E-state index in [9.17, 15) is 13.2 Å². The van der Waals surface area contributed by atoms with Crippen LogP contribution in [0.3, 0.4) is 0 Å². The van der Waals surface area contributed by atoms with E-state index >= 15 is 0 Å². The van der Waals surface area contributed by atoms with E-state index in [0.29, 0.717) is 24.6 Å². The van der Waals surface area contributed by atoms with Crippen LogP contribution in [-0.2, 0) is 21.0 Å². The minimum atomic E-state index is -3.38. The molecular weight excluding hydrogens is 370 g/mol. The zero-order valence-electron chi connectivity index (χ0n) is 14.5. The molecule has 3 rings (SSSR count). The summed E-state index contributed by atoms with van der Waals surface area (Å²) >= 11 is 0. The molecule has 0 saturated carbocycles. The lowest BCUT2D eigenvalue weighted by Gasteiger charge is -2.05. The second-order valence-electron chi connectivity index (χ2n) is 5.79. The fourth-order valence-electron chi connectivity index (χ4n) is 2.29. The van der Waals surface area contributed by atoms with Gasteiger partial charge in [-0.15, -0.1) is 0 Å². The molecule has 0 aliphatic heterocycles. The van der Waals surface area contributed by atoms with Crippen molar-refractivity contribution in [3.8, 4) is 11.4 Å². The van der Waals surface area contributed by atoms with Gasteiger partial charge in [0.1, 0.15) is 0 Å². The van der Waals surface area contributed by atoms with E-state index in [4.69, 9.17) is 9.26 Å². The molecular formula is C18H17N3O5S. The Bertz CT molecular complexity index is 1030. The molecule has 9 heteroatoms. The Labute approximate surface area is 156 Å². The number of hydrogen-bond donors (Lipinski definition) is 0. The van der Waals surface area contributed by atoms with E-state index in [1.165, 1.54) is 24.3 Å². The first-order valence-corrected chi connectivity index (χ1v) is 10.0. The predicted octanol–water partition coefficient (Wildman–Crippen LogP) is 2.32. The maximum absolute atomic E-state index is 12.0. The summed E-state index contributed by atoms with van der Waals surface area (Å²) in [5.74, 6) is 0.304. The Kier molecular flexibility index (Phi) is 5.60. The monoisotopic (exact) mass is 387 g/mol. The van der Waals surface area contributed by atoms with E-state index < -0.39 is 15.8 Å². The minimum Gasteiger partial charge on any atom is -0.462 e. The molecule has 140 valence electrons. The van der Waals surface area contributed by atoms with Crippen molar-refractivity contribution in [3.63, 3.8) is 0 Å². The van der Waals surface area contributed by atoms with Gasteiger partial charge in [-0.1, -0.05) is 11.2 Å². The molecule has 1 aromatic carbocycles. The number of nitrogens with zero attached hydrogens (tertiary/aromatic N) is 3. The summed E-state index contributed by atoms with van der Waals surface area (Å²) in [6, 6.07) is 9.36. The molecule has 0 atom stereocenters. The number of pyridine rings is 1. The summed E-state index contributed by atoms with van der Waals surface area (Å²) < 4.78 is 33.4. The van der Waals surface area contributed by atoms with Crippen LogP contribution in [0.25, 0.3) is 11.4 Å². The molecule has 0 N–H and O–H groups in total. The van der Waals surface area contributed by atoms with Gasteiger partial charge in [-0.3, -0.25) is 4.98 Å². The quantitative estimate of drug-likeness (QED) is 0.448. The summed E-state index contributed by atoms with van der Waals surface area (Å²) in [5, 5.41) is 3.89. The number of aryl methyl sites for hydroxylation is 1. The third-order valence-electron chi connectivity index (χ3n) is 3.65. The molecule has 0 unspecified atom stereocenters. The van der Waals surface area contributed by atoms with Gasteiger partial charge in [0.2, 0.25) is 11.7 Å². The summed E-state index contributed by atoms with van der Waals surface area (Å²) in [6.07, 6.45) is 5.32.